The number of aliphatic carboxylic acids is 1. The zero-order valence-corrected chi connectivity index (χ0v) is 10.7. The van der Waals surface area contributed by atoms with Crippen molar-refractivity contribution in [2.45, 2.75) is 56.5 Å². The average molecular weight is 248 g/mol. The number of carboxylic acids is 1. The van der Waals surface area contributed by atoms with E-state index < -0.39 is 26.3 Å². The van der Waals surface area contributed by atoms with Gasteiger partial charge in [-0.25, -0.2) is 8.42 Å². The van der Waals surface area contributed by atoms with Gasteiger partial charge in [0.1, 0.15) is 0 Å². The van der Waals surface area contributed by atoms with Gasteiger partial charge in [-0.05, 0) is 18.8 Å². The number of rotatable bonds is 4. The number of hydrogen-bond acceptors (Lipinski definition) is 3. The van der Waals surface area contributed by atoms with Crippen LogP contribution in [-0.2, 0) is 14.6 Å². The molecule has 0 aliphatic heterocycles. The zero-order chi connectivity index (χ0) is 12.3. The van der Waals surface area contributed by atoms with Crippen LogP contribution in [-0.4, -0.2) is 30.0 Å². The Hall–Kier alpha value is -0.580. The largest absolute Gasteiger partial charge is 0.480 e. The van der Waals surface area contributed by atoms with Gasteiger partial charge < -0.3 is 5.11 Å². The Balaban J connectivity index is 2.93. The zero-order valence-electron chi connectivity index (χ0n) is 9.85. The van der Waals surface area contributed by atoms with Gasteiger partial charge in [0.25, 0.3) is 0 Å². The molecule has 1 fully saturated rings. The molecule has 5 heteroatoms. The third-order valence-electron chi connectivity index (χ3n) is 3.22. The molecule has 0 radical (unpaired) electrons. The van der Waals surface area contributed by atoms with Crippen molar-refractivity contribution >= 4 is 15.8 Å². The molecule has 0 amide bonds. The van der Waals surface area contributed by atoms with E-state index in [0.29, 0.717) is 12.8 Å². The first-order chi connectivity index (χ1) is 7.37. The summed E-state index contributed by atoms with van der Waals surface area (Å²) in [6.07, 6.45) is 4.10. The molecule has 0 saturated heterocycles. The lowest BCUT2D eigenvalue weighted by Gasteiger charge is -2.26. The van der Waals surface area contributed by atoms with E-state index >= 15 is 0 Å². The molecule has 0 unspecified atom stereocenters. The lowest BCUT2D eigenvalue weighted by atomic mass is 10.0. The molecule has 0 bridgehead atoms. The highest BCUT2D eigenvalue weighted by Gasteiger charge is 2.40. The van der Waals surface area contributed by atoms with E-state index in [-0.39, 0.29) is 5.92 Å². The second-order valence-corrected chi connectivity index (χ2v) is 7.20. The Bertz CT molecular complexity index is 339. The van der Waals surface area contributed by atoms with Gasteiger partial charge in [-0.1, -0.05) is 33.1 Å². The third kappa shape index (κ3) is 2.75. The maximum absolute atomic E-state index is 12.2. The van der Waals surface area contributed by atoms with Gasteiger partial charge in [-0.15, -0.1) is 0 Å². The summed E-state index contributed by atoms with van der Waals surface area (Å²) in [5.74, 6) is -1.58. The predicted molar refractivity (Wildman–Crippen MR) is 62.1 cm³/mol. The standard InChI is InChI=1S/C11H20O4S/c1-8(2)10(11(12)13)16(14,15)9-6-4-3-5-7-9/h8-10H,3-7H2,1-2H3,(H,12,13)/t10-/m1/s1. The first-order valence-electron chi connectivity index (χ1n) is 5.83. The van der Waals surface area contributed by atoms with Crippen molar-refractivity contribution in [3.8, 4) is 0 Å². The molecule has 0 aromatic carbocycles. The quantitative estimate of drug-likeness (QED) is 0.824. The van der Waals surface area contributed by atoms with Gasteiger partial charge in [0, 0.05) is 0 Å². The summed E-state index contributed by atoms with van der Waals surface area (Å²) in [7, 11) is -3.52. The van der Waals surface area contributed by atoms with Crippen molar-refractivity contribution in [2.75, 3.05) is 0 Å². The highest BCUT2D eigenvalue weighted by atomic mass is 32.2. The molecule has 1 aliphatic rings. The fraction of sp³-hybridized carbons (Fsp3) is 0.909. The summed E-state index contributed by atoms with van der Waals surface area (Å²) >= 11 is 0. The van der Waals surface area contributed by atoms with Crippen molar-refractivity contribution in [3.63, 3.8) is 0 Å². The summed E-state index contributed by atoms with van der Waals surface area (Å²) in [4.78, 5) is 11.1. The van der Waals surface area contributed by atoms with Crippen LogP contribution in [0.5, 0.6) is 0 Å². The lowest BCUT2D eigenvalue weighted by Crippen LogP contribution is -2.41. The van der Waals surface area contributed by atoms with Crippen LogP contribution in [0.2, 0.25) is 0 Å². The van der Waals surface area contributed by atoms with Crippen LogP contribution < -0.4 is 0 Å². The summed E-state index contributed by atoms with van der Waals surface area (Å²) < 4.78 is 24.4. The van der Waals surface area contributed by atoms with E-state index in [4.69, 9.17) is 5.11 Å². The highest BCUT2D eigenvalue weighted by molar-refractivity contribution is 7.93. The molecule has 0 heterocycles. The normalized spacial score (nSPS) is 20.9. The molecule has 1 saturated carbocycles. The second-order valence-electron chi connectivity index (χ2n) is 4.85. The summed E-state index contributed by atoms with van der Waals surface area (Å²) in [5.41, 5.74) is 0. The van der Waals surface area contributed by atoms with Crippen LogP contribution in [0.4, 0.5) is 0 Å². The lowest BCUT2D eigenvalue weighted by molar-refractivity contribution is -0.137. The number of sulfone groups is 1. The minimum Gasteiger partial charge on any atom is -0.480 e. The first-order valence-corrected chi connectivity index (χ1v) is 7.44. The second kappa shape index (κ2) is 5.17. The fourth-order valence-corrected chi connectivity index (χ4v) is 4.85. The average Bonchev–Trinajstić information content (AvgIpc) is 2.17. The summed E-state index contributed by atoms with van der Waals surface area (Å²) in [5, 5.41) is 7.35. The van der Waals surface area contributed by atoms with E-state index in [1.165, 1.54) is 0 Å². The maximum Gasteiger partial charge on any atom is 0.322 e. The predicted octanol–water partition coefficient (Wildman–Crippen LogP) is 1.84. The van der Waals surface area contributed by atoms with Crippen LogP contribution in [0.15, 0.2) is 0 Å². The van der Waals surface area contributed by atoms with Crippen LogP contribution in [0.1, 0.15) is 46.0 Å². The molecule has 1 rings (SSSR count). The molecule has 1 N–H and O–H groups in total. The summed E-state index contributed by atoms with van der Waals surface area (Å²) in [6, 6.07) is 0. The van der Waals surface area contributed by atoms with Gasteiger partial charge >= 0.3 is 5.97 Å². The molecular formula is C11H20O4S. The molecule has 0 aromatic rings. The Morgan fingerprint density at radius 1 is 1.19 bits per heavy atom. The van der Waals surface area contributed by atoms with Crippen LogP contribution in [0, 0.1) is 5.92 Å². The van der Waals surface area contributed by atoms with Crippen molar-refractivity contribution in [1.82, 2.24) is 0 Å². The smallest absolute Gasteiger partial charge is 0.322 e. The van der Waals surface area contributed by atoms with E-state index in [9.17, 15) is 13.2 Å². The van der Waals surface area contributed by atoms with Gasteiger partial charge in [-0.3, -0.25) is 4.79 Å². The number of carboxylic acid groups (broad SMARTS) is 1. The van der Waals surface area contributed by atoms with Crippen molar-refractivity contribution in [2.24, 2.45) is 5.92 Å². The fourth-order valence-electron chi connectivity index (χ4n) is 2.41. The minimum absolute atomic E-state index is 0.371. The number of hydrogen-bond donors (Lipinski definition) is 1. The Labute approximate surface area is 97.0 Å². The topological polar surface area (TPSA) is 71.4 Å². The third-order valence-corrected chi connectivity index (χ3v) is 6.07. The Morgan fingerprint density at radius 2 is 1.69 bits per heavy atom. The van der Waals surface area contributed by atoms with E-state index in [1.807, 2.05) is 0 Å². The molecule has 94 valence electrons. The molecule has 1 atom stereocenters. The summed E-state index contributed by atoms with van der Waals surface area (Å²) in [6.45, 7) is 3.30. The van der Waals surface area contributed by atoms with Crippen LogP contribution in [0.25, 0.3) is 0 Å². The molecule has 4 nitrogen and oxygen atoms in total. The molecule has 0 aromatic heterocycles. The number of carbonyl (C=O) groups is 1. The Kier molecular flexibility index (Phi) is 4.35. The van der Waals surface area contributed by atoms with Gasteiger partial charge in [0.15, 0.2) is 15.1 Å². The maximum atomic E-state index is 12.2. The van der Waals surface area contributed by atoms with E-state index in [2.05, 4.69) is 0 Å². The van der Waals surface area contributed by atoms with Crippen LogP contribution in [0.3, 0.4) is 0 Å². The highest BCUT2D eigenvalue weighted by Crippen LogP contribution is 2.28. The molecular weight excluding hydrogens is 228 g/mol. The van der Waals surface area contributed by atoms with Gasteiger partial charge in [-0.2, -0.15) is 0 Å². The van der Waals surface area contributed by atoms with Crippen LogP contribution >= 0.6 is 0 Å². The SMILES string of the molecule is CC(C)[C@H](C(=O)O)S(=O)(=O)C1CCCCC1. The van der Waals surface area contributed by atoms with E-state index in [1.54, 1.807) is 13.8 Å². The van der Waals surface area contributed by atoms with E-state index in [0.717, 1.165) is 19.3 Å². The first kappa shape index (κ1) is 13.5. The van der Waals surface area contributed by atoms with Gasteiger partial charge in [0.2, 0.25) is 0 Å². The van der Waals surface area contributed by atoms with Crippen molar-refractivity contribution in [1.29, 1.82) is 0 Å². The Morgan fingerprint density at radius 3 is 2.06 bits per heavy atom. The molecule has 1 aliphatic carbocycles. The minimum atomic E-state index is -3.52. The monoisotopic (exact) mass is 248 g/mol. The van der Waals surface area contributed by atoms with Gasteiger partial charge in [0.05, 0.1) is 5.25 Å². The van der Waals surface area contributed by atoms with Crippen molar-refractivity contribution in [3.05, 3.63) is 0 Å². The van der Waals surface area contributed by atoms with Crippen molar-refractivity contribution < 1.29 is 18.3 Å². The molecule has 0 spiro atoms. The molecule has 16 heavy (non-hydrogen) atoms.